The van der Waals surface area contributed by atoms with E-state index < -0.39 is 10.8 Å². The number of methoxy groups -OCH3 is 1. The fourth-order valence-corrected chi connectivity index (χ4v) is 3.08. The summed E-state index contributed by atoms with van der Waals surface area (Å²) in [5.74, 6) is 6.26. The van der Waals surface area contributed by atoms with Crippen molar-refractivity contribution in [3.63, 3.8) is 0 Å². The van der Waals surface area contributed by atoms with Gasteiger partial charge < -0.3 is 15.4 Å². The number of carbonyl (C=O) groups excluding carboxylic acids is 1. The highest BCUT2D eigenvalue weighted by Gasteiger charge is 2.17. The number of ether oxygens (including phenoxy) is 1. The number of carbonyl (C=O) groups is 1. The molecule has 0 radical (unpaired) electrons. The minimum absolute atomic E-state index is 0.107. The van der Waals surface area contributed by atoms with Crippen LogP contribution in [0, 0.1) is 22.0 Å². The molecule has 0 aliphatic carbocycles. The van der Waals surface area contributed by atoms with E-state index in [1.54, 1.807) is 25.3 Å². The van der Waals surface area contributed by atoms with Crippen molar-refractivity contribution >= 4 is 23.0 Å². The van der Waals surface area contributed by atoms with E-state index in [0.717, 1.165) is 17.0 Å². The zero-order chi connectivity index (χ0) is 24.5. The van der Waals surface area contributed by atoms with E-state index in [9.17, 15) is 14.9 Å². The maximum atomic E-state index is 12.8. The first-order chi connectivity index (χ1) is 16.4. The predicted octanol–water partition coefficient (Wildman–Crippen LogP) is 4.38. The molecule has 0 aliphatic rings. The fraction of sp³-hybridized carbons (Fsp3) is 0.192. The Morgan fingerprint density at radius 2 is 1.85 bits per heavy atom. The number of nitro benzene ring substituents is 1. The number of nitrogens with zero attached hydrogens (tertiary/aromatic N) is 2. The first-order valence-electron chi connectivity index (χ1n) is 10.6. The minimum Gasteiger partial charge on any atom is -0.497 e. The van der Waals surface area contributed by atoms with Crippen LogP contribution in [0.1, 0.15) is 21.5 Å². The van der Waals surface area contributed by atoms with E-state index in [1.165, 1.54) is 12.1 Å². The normalized spacial score (nSPS) is 10.2. The molecule has 0 bridgehead atoms. The Morgan fingerprint density at radius 1 is 1.09 bits per heavy atom. The Morgan fingerprint density at radius 3 is 2.53 bits per heavy atom. The number of anilines is 2. The van der Waals surface area contributed by atoms with Crippen LogP contribution in [0.25, 0.3) is 0 Å². The van der Waals surface area contributed by atoms with Gasteiger partial charge in [-0.3, -0.25) is 19.8 Å². The van der Waals surface area contributed by atoms with E-state index >= 15 is 0 Å². The molecule has 0 heterocycles. The molecule has 3 rings (SSSR count). The van der Waals surface area contributed by atoms with Crippen molar-refractivity contribution in [2.75, 3.05) is 38.4 Å². The predicted molar refractivity (Wildman–Crippen MR) is 133 cm³/mol. The van der Waals surface area contributed by atoms with E-state index in [4.69, 9.17) is 4.74 Å². The van der Waals surface area contributed by atoms with Crippen molar-refractivity contribution in [3.05, 3.63) is 93.5 Å². The second kappa shape index (κ2) is 11.5. The minimum atomic E-state index is -0.528. The Kier molecular flexibility index (Phi) is 8.21. The molecular weight excluding hydrogens is 432 g/mol. The largest absolute Gasteiger partial charge is 0.497 e. The molecule has 0 aliphatic heterocycles. The van der Waals surface area contributed by atoms with E-state index in [1.807, 2.05) is 55.4 Å². The molecule has 8 nitrogen and oxygen atoms in total. The summed E-state index contributed by atoms with van der Waals surface area (Å²) in [6, 6.07) is 19.1. The van der Waals surface area contributed by atoms with Crippen molar-refractivity contribution in [1.29, 1.82) is 0 Å². The molecule has 8 heteroatoms. The molecule has 3 aromatic carbocycles. The van der Waals surface area contributed by atoms with Crippen molar-refractivity contribution in [1.82, 2.24) is 4.90 Å². The number of hydrogen-bond donors (Lipinski definition) is 2. The van der Waals surface area contributed by atoms with Crippen molar-refractivity contribution < 1.29 is 14.5 Å². The summed E-state index contributed by atoms with van der Waals surface area (Å²) >= 11 is 0. The van der Waals surface area contributed by atoms with Gasteiger partial charge >= 0.3 is 0 Å². The summed E-state index contributed by atoms with van der Waals surface area (Å²) in [6.45, 7) is 1.12. The number of benzene rings is 3. The topological polar surface area (TPSA) is 96.7 Å². The number of hydrogen-bond acceptors (Lipinski definition) is 6. The second-order valence-electron chi connectivity index (χ2n) is 7.77. The molecule has 1 amide bonds. The lowest BCUT2D eigenvalue weighted by Crippen LogP contribution is -2.13. The van der Waals surface area contributed by atoms with Crippen molar-refractivity contribution in [2.24, 2.45) is 0 Å². The zero-order valence-electron chi connectivity index (χ0n) is 19.3. The molecule has 0 saturated carbocycles. The highest BCUT2D eigenvalue weighted by Crippen LogP contribution is 2.26. The first-order valence-corrected chi connectivity index (χ1v) is 10.6. The third-order valence-electron chi connectivity index (χ3n) is 4.85. The number of nitrogens with one attached hydrogen (secondary N) is 2. The van der Waals surface area contributed by atoms with Crippen molar-refractivity contribution in [3.8, 4) is 17.6 Å². The zero-order valence-corrected chi connectivity index (χ0v) is 19.3. The molecule has 0 spiro atoms. The van der Waals surface area contributed by atoms with Gasteiger partial charge in [0, 0.05) is 35.5 Å². The highest BCUT2D eigenvalue weighted by molar-refractivity contribution is 6.05. The maximum Gasteiger partial charge on any atom is 0.292 e. The smallest absolute Gasteiger partial charge is 0.292 e. The molecule has 0 unspecified atom stereocenters. The van der Waals surface area contributed by atoms with E-state index in [2.05, 4.69) is 22.5 Å². The van der Waals surface area contributed by atoms with Gasteiger partial charge in [0.25, 0.3) is 11.6 Å². The maximum absolute atomic E-state index is 12.8. The second-order valence-corrected chi connectivity index (χ2v) is 7.77. The molecule has 34 heavy (non-hydrogen) atoms. The van der Waals surface area contributed by atoms with Crippen LogP contribution in [0.2, 0.25) is 0 Å². The lowest BCUT2D eigenvalue weighted by molar-refractivity contribution is -0.383. The average Bonchev–Trinajstić information content (AvgIpc) is 2.83. The van der Waals surface area contributed by atoms with Crippen LogP contribution in [-0.2, 0) is 6.54 Å². The molecule has 0 fully saturated rings. The fourth-order valence-electron chi connectivity index (χ4n) is 3.08. The van der Waals surface area contributed by atoms with Gasteiger partial charge in [0.15, 0.2) is 0 Å². The van der Waals surface area contributed by atoms with Crippen LogP contribution in [0.5, 0.6) is 5.75 Å². The van der Waals surface area contributed by atoms with Gasteiger partial charge in [-0.1, -0.05) is 30.0 Å². The molecule has 174 valence electrons. The van der Waals surface area contributed by atoms with Crippen LogP contribution in [0.3, 0.4) is 0 Å². The summed E-state index contributed by atoms with van der Waals surface area (Å²) in [6.07, 6.45) is 0. The number of rotatable bonds is 8. The number of amides is 1. The molecular formula is C26H26N4O4. The summed E-state index contributed by atoms with van der Waals surface area (Å²) in [5, 5.41) is 17.4. The molecule has 3 aromatic rings. The van der Waals surface area contributed by atoms with E-state index in [0.29, 0.717) is 24.2 Å². The molecule has 0 atom stereocenters. The highest BCUT2D eigenvalue weighted by atomic mass is 16.6. The standard InChI is InChI=1S/C26H26N4O4/c1-29(2)15-5-6-19-11-14-25(30(32)33)24(16-19)28-26(31)21-12-9-20(10-13-21)18-27-22-7-4-8-23(17-22)34-3/h4,7-14,16-17,27H,15,18H2,1-3H3,(H,28,31). The third kappa shape index (κ3) is 6.82. The molecule has 2 N–H and O–H groups in total. The SMILES string of the molecule is COc1cccc(NCc2ccc(C(=O)Nc3cc(C#CCN(C)C)ccc3[N+](=O)[O-])cc2)c1. The quantitative estimate of drug-likeness (QED) is 0.295. The van der Waals surface area contributed by atoms with Crippen LogP contribution < -0.4 is 15.4 Å². The summed E-state index contributed by atoms with van der Waals surface area (Å²) in [7, 11) is 5.42. The Labute approximate surface area is 198 Å². The van der Waals surface area contributed by atoms with Gasteiger partial charge in [-0.2, -0.15) is 0 Å². The van der Waals surface area contributed by atoms with Gasteiger partial charge in [-0.25, -0.2) is 0 Å². The Hall–Kier alpha value is -4.35. The van der Waals surface area contributed by atoms with E-state index in [-0.39, 0.29) is 11.4 Å². The van der Waals surface area contributed by atoms with Gasteiger partial charge in [0.1, 0.15) is 11.4 Å². The third-order valence-corrected chi connectivity index (χ3v) is 4.85. The lowest BCUT2D eigenvalue weighted by Gasteiger charge is -2.10. The van der Waals surface area contributed by atoms with Crippen LogP contribution in [-0.4, -0.2) is 43.5 Å². The summed E-state index contributed by atoms with van der Waals surface area (Å²) < 4.78 is 5.22. The van der Waals surface area contributed by atoms with Gasteiger partial charge in [0.2, 0.25) is 0 Å². The van der Waals surface area contributed by atoms with Crippen LogP contribution in [0.15, 0.2) is 66.7 Å². The molecule has 0 aromatic heterocycles. The average molecular weight is 459 g/mol. The summed E-state index contributed by atoms with van der Waals surface area (Å²) in [4.78, 5) is 25.6. The van der Waals surface area contributed by atoms with Crippen LogP contribution in [0.4, 0.5) is 17.1 Å². The Balaban J connectivity index is 1.69. The van der Waals surface area contributed by atoms with Crippen molar-refractivity contribution in [2.45, 2.75) is 6.54 Å². The number of nitro groups is 1. The van der Waals surface area contributed by atoms with Gasteiger partial charge in [-0.15, -0.1) is 0 Å². The molecule has 0 saturated heterocycles. The van der Waals surface area contributed by atoms with Gasteiger partial charge in [-0.05, 0) is 56.1 Å². The first kappa shape index (κ1) is 24.3. The van der Waals surface area contributed by atoms with Gasteiger partial charge in [0.05, 0.1) is 18.6 Å². The monoisotopic (exact) mass is 458 g/mol. The lowest BCUT2D eigenvalue weighted by atomic mass is 10.1. The van der Waals surface area contributed by atoms with Crippen LogP contribution >= 0.6 is 0 Å². The Bertz CT molecular complexity index is 1230. The summed E-state index contributed by atoms with van der Waals surface area (Å²) in [5.41, 5.74) is 2.79.